The van der Waals surface area contributed by atoms with Crippen LogP contribution >= 0.6 is 11.6 Å². The van der Waals surface area contributed by atoms with Crippen molar-refractivity contribution in [3.05, 3.63) is 34.6 Å². The van der Waals surface area contributed by atoms with Crippen LogP contribution < -0.4 is 11.1 Å². The summed E-state index contributed by atoms with van der Waals surface area (Å²) in [5.74, 6) is 0.632. The molecule has 2 aliphatic rings. The van der Waals surface area contributed by atoms with Gasteiger partial charge in [0.1, 0.15) is 5.82 Å². The number of nitrogens with zero attached hydrogens (tertiary/aromatic N) is 1. The van der Waals surface area contributed by atoms with E-state index in [9.17, 15) is 4.39 Å². The number of nitrogens with two attached hydrogens (primary N) is 1. The van der Waals surface area contributed by atoms with E-state index >= 15 is 0 Å². The van der Waals surface area contributed by atoms with E-state index in [1.54, 1.807) is 6.07 Å². The molecule has 0 atom stereocenters. The molecule has 3 rings (SSSR count). The molecule has 5 heteroatoms. The Morgan fingerprint density at radius 1 is 1.37 bits per heavy atom. The Morgan fingerprint density at radius 3 is 2.74 bits per heavy atom. The maximum atomic E-state index is 13.1. The molecule has 3 N–H and O–H groups in total. The largest absolute Gasteiger partial charge is 0.370 e. The summed E-state index contributed by atoms with van der Waals surface area (Å²) < 4.78 is 13.1. The molecule has 102 valence electrons. The predicted molar refractivity (Wildman–Crippen MR) is 75.0 cm³/mol. The highest BCUT2D eigenvalue weighted by atomic mass is 35.5. The number of benzene rings is 1. The van der Waals surface area contributed by atoms with Gasteiger partial charge in [0.25, 0.3) is 0 Å². The second kappa shape index (κ2) is 5.00. The highest BCUT2D eigenvalue weighted by Gasteiger charge is 2.31. The third-order valence-electron chi connectivity index (χ3n) is 3.77. The summed E-state index contributed by atoms with van der Waals surface area (Å²) in [4.78, 5) is 4.35. The molecule has 0 unspecified atom stereocenters. The Hall–Kier alpha value is -1.29. The van der Waals surface area contributed by atoms with E-state index in [1.807, 2.05) is 6.07 Å². The van der Waals surface area contributed by atoms with Gasteiger partial charge in [0.2, 0.25) is 0 Å². The molecule has 0 spiro atoms. The van der Waals surface area contributed by atoms with Crippen molar-refractivity contribution in [3.8, 4) is 0 Å². The maximum Gasteiger partial charge on any atom is 0.189 e. The predicted octanol–water partition coefficient (Wildman–Crippen LogP) is 2.79. The van der Waals surface area contributed by atoms with Crippen LogP contribution in [0.5, 0.6) is 0 Å². The van der Waals surface area contributed by atoms with Crippen LogP contribution in [0.15, 0.2) is 23.2 Å². The van der Waals surface area contributed by atoms with Crippen molar-refractivity contribution in [2.24, 2.45) is 10.7 Å². The first-order valence-corrected chi connectivity index (χ1v) is 7.04. The highest BCUT2D eigenvalue weighted by Crippen LogP contribution is 2.38. The molecule has 0 aromatic heterocycles. The zero-order valence-electron chi connectivity index (χ0n) is 10.6. The van der Waals surface area contributed by atoms with Crippen molar-refractivity contribution < 1.29 is 4.39 Å². The lowest BCUT2D eigenvalue weighted by molar-refractivity contribution is 0.323. The summed E-state index contributed by atoms with van der Waals surface area (Å²) in [7, 11) is 0. The first-order valence-electron chi connectivity index (χ1n) is 6.66. The quantitative estimate of drug-likeness (QED) is 0.661. The van der Waals surface area contributed by atoms with Crippen LogP contribution in [-0.2, 0) is 0 Å². The number of aliphatic imine (C=N–C) groups is 1. The first-order chi connectivity index (χ1) is 9.11. The number of hydrogen-bond donors (Lipinski definition) is 2. The van der Waals surface area contributed by atoms with Gasteiger partial charge in [-0.25, -0.2) is 4.39 Å². The molecular formula is C14H17ClFN3. The molecule has 0 aliphatic heterocycles. The fourth-order valence-electron chi connectivity index (χ4n) is 2.42. The highest BCUT2D eigenvalue weighted by molar-refractivity contribution is 6.30. The summed E-state index contributed by atoms with van der Waals surface area (Å²) in [6.07, 6.45) is 4.29. The second-order valence-electron chi connectivity index (χ2n) is 5.43. The van der Waals surface area contributed by atoms with Crippen LogP contribution in [0.3, 0.4) is 0 Å². The van der Waals surface area contributed by atoms with Gasteiger partial charge in [0.15, 0.2) is 5.96 Å². The number of guanidine groups is 1. The van der Waals surface area contributed by atoms with Gasteiger partial charge in [-0.05, 0) is 49.3 Å². The molecule has 0 heterocycles. The van der Waals surface area contributed by atoms with Gasteiger partial charge in [-0.2, -0.15) is 0 Å². The molecule has 19 heavy (non-hydrogen) atoms. The zero-order valence-corrected chi connectivity index (χ0v) is 11.3. The number of rotatable bonds is 3. The van der Waals surface area contributed by atoms with E-state index in [-0.39, 0.29) is 10.8 Å². The molecule has 0 amide bonds. The van der Waals surface area contributed by atoms with Crippen LogP contribution in [0.2, 0.25) is 5.02 Å². The Morgan fingerprint density at radius 2 is 2.11 bits per heavy atom. The lowest BCUT2D eigenvalue weighted by Crippen LogP contribution is -2.46. The van der Waals surface area contributed by atoms with Crippen LogP contribution in [0.4, 0.5) is 4.39 Å². The van der Waals surface area contributed by atoms with Crippen LogP contribution in [-0.4, -0.2) is 18.0 Å². The lowest BCUT2D eigenvalue weighted by atomic mass is 9.76. The third-order valence-corrected chi connectivity index (χ3v) is 4.06. The Labute approximate surface area is 117 Å². The molecule has 0 radical (unpaired) electrons. The van der Waals surface area contributed by atoms with Crippen LogP contribution in [0.1, 0.15) is 37.2 Å². The fraction of sp³-hybridized carbons (Fsp3) is 0.500. The molecular weight excluding hydrogens is 265 g/mol. The molecule has 2 aliphatic carbocycles. The summed E-state index contributed by atoms with van der Waals surface area (Å²) in [5.41, 5.74) is 6.92. The molecule has 1 aromatic carbocycles. The monoisotopic (exact) mass is 281 g/mol. The van der Waals surface area contributed by atoms with E-state index in [1.165, 1.54) is 6.07 Å². The summed E-state index contributed by atoms with van der Waals surface area (Å²) >= 11 is 5.79. The van der Waals surface area contributed by atoms with Gasteiger partial charge in [-0.3, -0.25) is 4.99 Å². The van der Waals surface area contributed by atoms with Crippen molar-refractivity contribution in [2.75, 3.05) is 0 Å². The van der Waals surface area contributed by atoms with Crippen molar-refractivity contribution in [3.63, 3.8) is 0 Å². The average molecular weight is 282 g/mol. The summed E-state index contributed by atoms with van der Waals surface area (Å²) in [6, 6.07) is 5.78. The molecule has 0 saturated heterocycles. The zero-order chi connectivity index (χ0) is 13.4. The van der Waals surface area contributed by atoms with Gasteiger partial charge >= 0.3 is 0 Å². The van der Waals surface area contributed by atoms with E-state index in [0.717, 1.165) is 31.2 Å². The Balaban J connectivity index is 1.53. The van der Waals surface area contributed by atoms with Crippen molar-refractivity contribution in [2.45, 2.75) is 43.7 Å². The topological polar surface area (TPSA) is 50.4 Å². The van der Waals surface area contributed by atoms with E-state index < -0.39 is 0 Å². The van der Waals surface area contributed by atoms with E-state index in [0.29, 0.717) is 24.0 Å². The average Bonchev–Trinajstić information content (AvgIpc) is 3.11. The minimum absolute atomic E-state index is 0.198. The SMILES string of the molecule is NC(=NC1CC1)NC1CC(c2ccc(F)c(Cl)c2)C1. The van der Waals surface area contributed by atoms with Crippen molar-refractivity contribution in [1.29, 1.82) is 0 Å². The van der Waals surface area contributed by atoms with Gasteiger partial charge < -0.3 is 11.1 Å². The minimum Gasteiger partial charge on any atom is -0.370 e. The van der Waals surface area contributed by atoms with Gasteiger partial charge in [0.05, 0.1) is 11.1 Å². The van der Waals surface area contributed by atoms with Crippen molar-refractivity contribution >= 4 is 17.6 Å². The normalized spacial score (nSPS) is 26.9. The summed E-state index contributed by atoms with van der Waals surface area (Å²) in [6.45, 7) is 0. The molecule has 2 fully saturated rings. The number of hydrogen-bond acceptors (Lipinski definition) is 1. The Bertz CT molecular complexity index is 507. The Kier molecular flexibility index (Phi) is 3.35. The van der Waals surface area contributed by atoms with Gasteiger partial charge in [-0.1, -0.05) is 17.7 Å². The molecule has 3 nitrogen and oxygen atoms in total. The summed E-state index contributed by atoms with van der Waals surface area (Å²) in [5, 5.41) is 3.43. The maximum absolute atomic E-state index is 13.1. The van der Waals surface area contributed by atoms with Gasteiger partial charge in [-0.15, -0.1) is 0 Å². The lowest BCUT2D eigenvalue weighted by Gasteiger charge is -2.36. The van der Waals surface area contributed by atoms with Crippen LogP contribution in [0.25, 0.3) is 0 Å². The second-order valence-corrected chi connectivity index (χ2v) is 5.84. The molecule has 1 aromatic rings. The number of nitrogens with one attached hydrogen (secondary N) is 1. The number of halogens is 2. The fourth-order valence-corrected chi connectivity index (χ4v) is 2.61. The van der Waals surface area contributed by atoms with Crippen molar-refractivity contribution in [1.82, 2.24) is 5.32 Å². The minimum atomic E-state index is -0.361. The first kappa shape index (κ1) is 12.7. The van der Waals surface area contributed by atoms with E-state index in [2.05, 4.69) is 10.3 Å². The van der Waals surface area contributed by atoms with Gasteiger partial charge in [0, 0.05) is 6.04 Å². The van der Waals surface area contributed by atoms with Crippen LogP contribution in [0, 0.1) is 5.82 Å². The molecule has 0 bridgehead atoms. The third kappa shape index (κ3) is 3.00. The van der Waals surface area contributed by atoms with E-state index in [4.69, 9.17) is 17.3 Å². The molecule has 2 saturated carbocycles. The smallest absolute Gasteiger partial charge is 0.189 e. The standard InChI is InChI=1S/C14H17ClFN3/c15-12-7-8(1-4-13(12)16)9-5-11(6-9)19-14(17)18-10-2-3-10/h1,4,7,9-11H,2-3,5-6H2,(H3,17,18,19).